The Labute approximate surface area is 84.1 Å². The third-order valence-electron chi connectivity index (χ3n) is 2.77. The van der Waals surface area contributed by atoms with E-state index in [4.69, 9.17) is 4.74 Å². The number of hydrogen-bond donors (Lipinski definition) is 0. The fourth-order valence-corrected chi connectivity index (χ4v) is 1.80. The fourth-order valence-electron chi connectivity index (χ4n) is 1.80. The van der Waals surface area contributed by atoms with Gasteiger partial charge in [-0.2, -0.15) is 0 Å². The number of hydrogen-bond acceptors (Lipinski definition) is 3. The first-order valence-corrected chi connectivity index (χ1v) is 4.75. The van der Waals surface area contributed by atoms with E-state index >= 15 is 0 Å². The van der Waals surface area contributed by atoms with Gasteiger partial charge >= 0.3 is 5.97 Å². The van der Waals surface area contributed by atoms with Crippen LogP contribution in [0.5, 0.6) is 0 Å². The molecule has 0 N–H and O–H groups in total. The Kier molecular flexibility index (Phi) is 2.79. The summed E-state index contributed by atoms with van der Waals surface area (Å²) in [7, 11) is 0. The molecule has 2 unspecified atom stereocenters. The highest BCUT2D eigenvalue weighted by Gasteiger charge is 2.42. The highest BCUT2D eigenvalue weighted by atomic mass is 16.5. The molecule has 0 aliphatic heterocycles. The molecule has 0 spiro atoms. The second kappa shape index (κ2) is 3.56. The zero-order valence-corrected chi connectivity index (χ0v) is 9.09. The van der Waals surface area contributed by atoms with Crippen LogP contribution in [0.4, 0.5) is 0 Å². The maximum Gasteiger partial charge on any atom is 0.302 e. The topological polar surface area (TPSA) is 43.4 Å². The highest BCUT2D eigenvalue weighted by molar-refractivity contribution is 5.92. The smallest absolute Gasteiger partial charge is 0.302 e. The molecule has 14 heavy (non-hydrogen) atoms. The summed E-state index contributed by atoms with van der Waals surface area (Å²) >= 11 is 0. The lowest BCUT2D eigenvalue weighted by atomic mass is 9.83. The molecule has 3 heteroatoms. The summed E-state index contributed by atoms with van der Waals surface area (Å²) in [6, 6.07) is 0. The van der Waals surface area contributed by atoms with Gasteiger partial charge in [-0.1, -0.05) is 11.6 Å². The summed E-state index contributed by atoms with van der Waals surface area (Å²) in [5, 5.41) is 0. The first kappa shape index (κ1) is 11.0. The van der Waals surface area contributed by atoms with Gasteiger partial charge < -0.3 is 4.74 Å². The Morgan fingerprint density at radius 3 is 2.57 bits per heavy atom. The van der Waals surface area contributed by atoms with E-state index in [1.807, 2.05) is 19.9 Å². The molecule has 1 aliphatic carbocycles. The molecule has 0 amide bonds. The normalized spacial score (nSPS) is 28.6. The third kappa shape index (κ3) is 1.86. The van der Waals surface area contributed by atoms with E-state index in [0.717, 1.165) is 5.57 Å². The Hall–Kier alpha value is -1.12. The molecule has 0 aromatic rings. The van der Waals surface area contributed by atoms with Gasteiger partial charge in [0, 0.05) is 13.3 Å². The first-order chi connectivity index (χ1) is 6.36. The van der Waals surface area contributed by atoms with Crippen molar-refractivity contribution in [2.24, 2.45) is 5.41 Å². The molecule has 0 aromatic heterocycles. The van der Waals surface area contributed by atoms with Crippen molar-refractivity contribution in [2.75, 3.05) is 0 Å². The van der Waals surface area contributed by atoms with E-state index in [9.17, 15) is 9.59 Å². The van der Waals surface area contributed by atoms with Crippen LogP contribution in [0.2, 0.25) is 0 Å². The fraction of sp³-hybridized carbons (Fsp3) is 0.636. The molecule has 1 rings (SSSR count). The summed E-state index contributed by atoms with van der Waals surface area (Å²) in [5.41, 5.74) is 0.423. The van der Waals surface area contributed by atoms with Crippen LogP contribution in [0.1, 0.15) is 34.1 Å². The highest BCUT2D eigenvalue weighted by Crippen LogP contribution is 2.36. The van der Waals surface area contributed by atoms with Gasteiger partial charge in [0.2, 0.25) is 0 Å². The van der Waals surface area contributed by atoms with Crippen molar-refractivity contribution < 1.29 is 14.3 Å². The molecule has 0 fully saturated rings. The maximum atomic E-state index is 11.7. The van der Waals surface area contributed by atoms with E-state index in [1.54, 1.807) is 6.92 Å². The number of esters is 1. The number of ether oxygens (including phenoxy) is 1. The number of carbonyl (C=O) groups is 2. The molecular formula is C11H16O3. The van der Waals surface area contributed by atoms with Gasteiger partial charge in [0.1, 0.15) is 11.9 Å². The van der Waals surface area contributed by atoms with Crippen molar-refractivity contribution in [3.8, 4) is 0 Å². The van der Waals surface area contributed by atoms with E-state index < -0.39 is 5.41 Å². The van der Waals surface area contributed by atoms with Gasteiger partial charge in [0.05, 0.1) is 5.41 Å². The molecule has 0 saturated carbocycles. The SMILES string of the molecule is CC(=O)OC(C)C1(C)C=C(C)CC1=O. The quantitative estimate of drug-likeness (QED) is 0.500. The van der Waals surface area contributed by atoms with Gasteiger partial charge in [-0.15, -0.1) is 0 Å². The van der Waals surface area contributed by atoms with Crippen LogP contribution in [-0.2, 0) is 14.3 Å². The van der Waals surface area contributed by atoms with Gasteiger partial charge in [-0.05, 0) is 20.8 Å². The zero-order chi connectivity index (χ0) is 10.9. The molecule has 0 heterocycles. The minimum atomic E-state index is -0.629. The lowest BCUT2D eigenvalue weighted by Gasteiger charge is -2.27. The molecule has 0 aromatic carbocycles. The molecule has 0 bridgehead atoms. The van der Waals surface area contributed by atoms with Crippen molar-refractivity contribution in [2.45, 2.75) is 40.2 Å². The van der Waals surface area contributed by atoms with Crippen LogP contribution in [0.3, 0.4) is 0 Å². The Balaban J connectivity index is 2.84. The predicted molar refractivity (Wildman–Crippen MR) is 52.7 cm³/mol. The van der Waals surface area contributed by atoms with Crippen molar-refractivity contribution in [3.05, 3.63) is 11.6 Å². The van der Waals surface area contributed by atoms with E-state index in [2.05, 4.69) is 0 Å². The zero-order valence-electron chi connectivity index (χ0n) is 9.09. The summed E-state index contributed by atoms with van der Waals surface area (Å²) in [6.45, 7) is 6.85. The molecule has 2 atom stereocenters. The third-order valence-corrected chi connectivity index (χ3v) is 2.77. The molecule has 1 aliphatic rings. The second-order valence-corrected chi connectivity index (χ2v) is 4.12. The average Bonchev–Trinajstić information content (AvgIpc) is 2.25. The van der Waals surface area contributed by atoms with Crippen LogP contribution in [0.15, 0.2) is 11.6 Å². The number of ketones is 1. The molecule has 0 saturated heterocycles. The predicted octanol–water partition coefficient (Wildman–Crippen LogP) is 1.86. The Morgan fingerprint density at radius 1 is 1.64 bits per heavy atom. The van der Waals surface area contributed by atoms with Crippen molar-refractivity contribution >= 4 is 11.8 Å². The van der Waals surface area contributed by atoms with Gasteiger partial charge in [0.25, 0.3) is 0 Å². The summed E-state index contributed by atoms with van der Waals surface area (Å²) in [5.74, 6) is -0.215. The van der Waals surface area contributed by atoms with Crippen LogP contribution < -0.4 is 0 Å². The molecule has 78 valence electrons. The number of Topliss-reactive ketones (excluding diaryl/α,β-unsaturated/α-hetero) is 1. The van der Waals surface area contributed by atoms with E-state index in [1.165, 1.54) is 6.92 Å². The van der Waals surface area contributed by atoms with Crippen molar-refractivity contribution in [3.63, 3.8) is 0 Å². The van der Waals surface area contributed by atoms with Gasteiger partial charge in [-0.3, -0.25) is 9.59 Å². The minimum Gasteiger partial charge on any atom is -0.461 e. The van der Waals surface area contributed by atoms with E-state index in [-0.39, 0.29) is 17.9 Å². The summed E-state index contributed by atoms with van der Waals surface area (Å²) in [6.07, 6.45) is 2.00. The number of allylic oxidation sites excluding steroid dienone is 1. The minimum absolute atomic E-state index is 0.128. The Morgan fingerprint density at radius 2 is 2.21 bits per heavy atom. The van der Waals surface area contributed by atoms with Crippen molar-refractivity contribution in [1.29, 1.82) is 0 Å². The van der Waals surface area contributed by atoms with E-state index in [0.29, 0.717) is 6.42 Å². The van der Waals surface area contributed by atoms with Gasteiger partial charge in [0.15, 0.2) is 0 Å². The maximum absolute atomic E-state index is 11.7. The summed E-state index contributed by atoms with van der Waals surface area (Å²) in [4.78, 5) is 22.5. The second-order valence-electron chi connectivity index (χ2n) is 4.12. The molecule has 3 nitrogen and oxygen atoms in total. The van der Waals surface area contributed by atoms with Crippen molar-refractivity contribution in [1.82, 2.24) is 0 Å². The van der Waals surface area contributed by atoms with Crippen LogP contribution in [0, 0.1) is 5.41 Å². The summed E-state index contributed by atoms with van der Waals surface area (Å²) < 4.78 is 5.05. The number of rotatable bonds is 2. The monoisotopic (exact) mass is 196 g/mol. The molecule has 0 radical (unpaired) electrons. The largest absolute Gasteiger partial charge is 0.461 e. The average molecular weight is 196 g/mol. The van der Waals surface area contributed by atoms with Crippen LogP contribution in [0.25, 0.3) is 0 Å². The standard InChI is InChI=1S/C11H16O3/c1-7-5-10(13)11(4,6-7)8(2)14-9(3)12/h6,8H,5H2,1-4H3. The first-order valence-electron chi connectivity index (χ1n) is 4.75. The lowest BCUT2D eigenvalue weighted by molar-refractivity contribution is -0.152. The Bertz CT molecular complexity index is 304. The van der Waals surface area contributed by atoms with Gasteiger partial charge in [-0.25, -0.2) is 0 Å². The lowest BCUT2D eigenvalue weighted by Crippen LogP contribution is -2.36. The van der Waals surface area contributed by atoms with Crippen LogP contribution in [-0.4, -0.2) is 17.9 Å². The molecular weight excluding hydrogens is 180 g/mol. The number of carbonyl (C=O) groups excluding carboxylic acids is 2. The van der Waals surface area contributed by atoms with Crippen LogP contribution >= 0.6 is 0 Å².